The standard InChI is InChI=1S/2C4H3NO2.C4H10O2/c2*1-3(2-5)4(6)7;1-2-3-4(5)6/h2*1H2,(H,6,7);4-6H,2-3H2,1H3. The topological polar surface area (TPSA) is 163 Å². The minimum atomic E-state index is -1.26. The second-order valence-corrected chi connectivity index (χ2v) is 3.06. The van der Waals surface area contributed by atoms with Crippen molar-refractivity contribution in [3.63, 3.8) is 0 Å². The molecule has 110 valence electrons. The van der Waals surface area contributed by atoms with Gasteiger partial charge in [0.1, 0.15) is 23.3 Å². The van der Waals surface area contributed by atoms with Crippen LogP contribution in [0.4, 0.5) is 0 Å². The molecule has 0 bridgehead atoms. The summed E-state index contributed by atoms with van der Waals surface area (Å²) in [5.41, 5.74) is -0.861. The zero-order chi connectivity index (χ0) is 16.7. The molecule has 0 heterocycles. The molecule has 0 fully saturated rings. The van der Waals surface area contributed by atoms with Gasteiger partial charge < -0.3 is 20.4 Å². The van der Waals surface area contributed by atoms with Gasteiger partial charge in [0.25, 0.3) is 0 Å². The first-order valence-electron chi connectivity index (χ1n) is 5.14. The third-order valence-corrected chi connectivity index (χ3v) is 1.33. The third-order valence-electron chi connectivity index (χ3n) is 1.33. The van der Waals surface area contributed by atoms with Crippen LogP contribution < -0.4 is 0 Å². The maximum atomic E-state index is 9.61. The predicted octanol–water partition coefficient (Wildman–Crippen LogP) is 0.399. The van der Waals surface area contributed by atoms with Crippen molar-refractivity contribution in [2.75, 3.05) is 0 Å². The molecule has 0 aliphatic rings. The number of carboxylic acids is 2. The fourth-order valence-corrected chi connectivity index (χ4v) is 0.354. The number of hydrogen-bond donors (Lipinski definition) is 4. The Balaban J connectivity index is -0.000000218. The van der Waals surface area contributed by atoms with E-state index in [1.54, 1.807) is 0 Å². The fraction of sp³-hybridized carbons (Fsp3) is 0.333. The third kappa shape index (κ3) is 20.7. The van der Waals surface area contributed by atoms with Crippen LogP contribution >= 0.6 is 0 Å². The minimum absolute atomic E-state index is 0.431. The molecule has 0 amide bonds. The summed E-state index contributed by atoms with van der Waals surface area (Å²) < 4.78 is 0. The molecule has 0 spiro atoms. The summed E-state index contributed by atoms with van der Waals surface area (Å²) in [6.07, 6.45) is 0.215. The smallest absolute Gasteiger partial charge is 0.345 e. The van der Waals surface area contributed by atoms with Gasteiger partial charge in [0, 0.05) is 0 Å². The van der Waals surface area contributed by atoms with E-state index >= 15 is 0 Å². The largest absolute Gasteiger partial charge is 0.477 e. The molecule has 20 heavy (non-hydrogen) atoms. The van der Waals surface area contributed by atoms with Crippen LogP contribution in [0.1, 0.15) is 19.8 Å². The lowest BCUT2D eigenvalue weighted by atomic mass is 10.3. The van der Waals surface area contributed by atoms with Crippen molar-refractivity contribution >= 4 is 11.9 Å². The van der Waals surface area contributed by atoms with Crippen LogP contribution in [0.5, 0.6) is 0 Å². The number of aliphatic hydroxyl groups excluding tert-OH is 1. The molecular formula is C12H16N2O6. The van der Waals surface area contributed by atoms with E-state index < -0.39 is 29.4 Å². The first-order valence-corrected chi connectivity index (χ1v) is 5.14. The van der Waals surface area contributed by atoms with Crippen LogP contribution in [0.2, 0.25) is 0 Å². The maximum absolute atomic E-state index is 9.61. The number of nitriles is 2. The van der Waals surface area contributed by atoms with Crippen molar-refractivity contribution in [3.05, 3.63) is 24.3 Å². The fourth-order valence-electron chi connectivity index (χ4n) is 0.354. The summed E-state index contributed by atoms with van der Waals surface area (Å²) in [6, 6.07) is 2.74. The number of carboxylic acid groups (broad SMARTS) is 2. The van der Waals surface area contributed by atoms with Crippen LogP contribution in [-0.4, -0.2) is 38.7 Å². The summed E-state index contributed by atoms with van der Waals surface area (Å²) in [5, 5.41) is 47.5. The Morgan fingerprint density at radius 3 is 1.35 bits per heavy atom. The Hall–Kier alpha value is -2.68. The van der Waals surface area contributed by atoms with Crippen LogP contribution in [0, 0.1) is 22.7 Å². The van der Waals surface area contributed by atoms with Gasteiger partial charge in [0.15, 0.2) is 6.29 Å². The predicted molar refractivity (Wildman–Crippen MR) is 67.9 cm³/mol. The van der Waals surface area contributed by atoms with E-state index in [9.17, 15) is 9.59 Å². The van der Waals surface area contributed by atoms with E-state index in [-0.39, 0.29) is 0 Å². The average molecular weight is 284 g/mol. The quantitative estimate of drug-likeness (QED) is 0.327. The maximum Gasteiger partial charge on any atom is 0.345 e. The van der Waals surface area contributed by atoms with Crippen LogP contribution in [-0.2, 0) is 9.59 Å². The number of rotatable bonds is 4. The first kappa shape index (κ1) is 22.5. The van der Waals surface area contributed by atoms with Crippen molar-refractivity contribution in [1.82, 2.24) is 0 Å². The molecule has 0 unspecified atom stereocenters. The summed E-state index contributed by atoms with van der Waals surface area (Å²) in [4.78, 5) is 19.2. The lowest BCUT2D eigenvalue weighted by Crippen LogP contribution is -2.01. The number of nitrogens with zero attached hydrogens (tertiary/aromatic N) is 2. The van der Waals surface area contributed by atoms with Gasteiger partial charge in [-0.15, -0.1) is 0 Å². The molecule has 0 saturated heterocycles. The van der Waals surface area contributed by atoms with E-state index in [0.29, 0.717) is 6.42 Å². The zero-order valence-corrected chi connectivity index (χ0v) is 10.9. The Labute approximate surface area is 116 Å². The van der Waals surface area contributed by atoms with Gasteiger partial charge in [-0.05, 0) is 6.42 Å². The average Bonchev–Trinajstić information content (AvgIpc) is 2.37. The van der Waals surface area contributed by atoms with Gasteiger partial charge in [0.05, 0.1) is 0 Å². The Morgan fingerprint density at radius 2 is 1.35 bits per heavy atom. The molecule has 0 radical (unpaired) electrons. The van der Waals surface area contributed by atoms with Crippen LogP contribution in [0.15, 0.2) is 24.3 Å². The molecule has 0 saturated carbocycles. The molecule has 0 atom stereocenters. The van der Waals surface area contributed by atoms with E-state index in [4.69, 9.17) is 30.9 Å². The Morgan fingerprint density at radius 1 is 1.05 bits per heavy atom. The molecule has 0 aromatic heterocycles. The van der Waals surface area contributed by atoms with E-state index in [0.717, 1.165) is 6.42 Å². The highest BCUT2D eigenvalue weighted by Crippen LogP contribution is 1.88. The molecule has 0 aliphatic carbocycles. The monoisotopic (exact) mass is 284 g/mol. The van der Waals surface area contributed by atoms with Gasteiger partial charge in [-0.25, -0.2) is 9.59 Å². The first-order chi connectivity index (χ1) is 9.13. The van der Waals surface area contributed by atoms with Crippen LogP contribution in [0.25, 0.3) is 0 Å². The molecule has 0 aromatic carbocycles. The molecule has 4 N–H and O–H groups in total. The second-order valence-electron chi connectivity index (χ2n) is 3.06. The SMILES string of the molecule is C=C(C#N)C(=O)O.C=C(C#N)C(=O)O.CCCC(O)O. The Bertz CT molecular complexity index is 392. The minimum Gasteiger partial charge on any atom is -0.477 e. The van der Waals surface area contributed by atoms with Gasteiger partial charge in [0.2, 0.25) is 0 Å². The zero-order valence-electron chi connectivity index (χ0n) is 10.9. The Kier molecular flexibility index (Phi) is 16.2. The number of hydrogen-bond acceptors (Lipinski definition) is 6. The molecule has 0 aromatic rings. The van der Waals surface area contributed by atoms with Gasteiger partial charge in [-0.3, -0.25) is 0 Å². The number of aliphatic hydroxyl groups is 2. The lowest BCUT2D eigenvalue weighted by Gasteiger charge is -1.94. The molecule has 0 aliphatic heterocycles. The van der Waals surface area contributed by atoms with Gasteiger partial charge in [-0.2, -0.15) is 10.5 Å². The van der Waals surface area contributed by atoms with Crippen molar-refractivity contribution in [3.8, 4) is 12.1 Å². The second kappa shape index (κ2) is 14.4. The molecule has 8 heteroatoms. The lowest BCUT2D eigenvalue weighted by molar-refractivity contribution is -0.133. The normalized spacial score (nSPS) is 7.70. The highest BCUT2D eigenvalue weighted by Gasteiger charge is 1.98. The van der Waals surface area contributed by atoms with E-state index in [1.165, 1.54) is 12.1 Å². The van der Waals surface area contributed by atoms with Crippen molar-refractivity contribution in [1.29, 1.82) is 10.5 Å². The van der Waals surface area contributed by atoms with Gasteiger partial charge in [-0.1, -0.05) is 26.5 Å². The number of aliphatic carboxylic acids is 2. The molecule has 0 rings (SSSR count). The number of carbonyl (C=O) groups is 2. The molecule has 8 nitrogen and oxygen atoms in total. The highest BCUT2D eigenvalue weighted by molar-refractivity contribution is 5.90. The summed E-state index contributed by atoms with van der Waals surface area (Å²) in [7, 11) is 0. The van der Waals surface area contributed by atoms with Gasteiger partial charge >= 0.3 is 11.9 Å². The van der Waals surface area contributed by atoms with Crippen LogP contribution in [0.3, 0.4) is 0 Å². The van der Waals surface area contributed by atoms with Crippen molar-refractivity contribution in [2.24, 2.45) is 0 Å². The summed E-state index contributed by atoms with van der Waals surface area (Å²) >= 11 is 0. The van der Waals surface area contributed by atoms with Crippen molar-refractivity contribution < 1.29 is 30.0 Å². The molecular weight excluding hydrogens is 268 g/mol. The van der Waals surface area contributed by atoms with E-state index in [2.05, 4.69) is 13.2 Å². The van der Waals surface area contributed by atoms with E-state index in [1.807, 2.05) is 6.92 Å². The highest BCUT2D eigenvalue weighted by atomic mass is 16.5. The summed E-state index contributed by atoms with van der Waals surface area (Å²) in [5.74, 6) is -2.52. The summed E-state index contributed by atoms with van der Waals surface area (Å²) in [6.45, 7) is 7.73. The van der Waals surface area contributed by atoms with Crippen molar-refractivity contribution in [2.45, 2.75) is 26.1 Å².